The molecule has 19 heavy (non-hydrogen) atoms. The second-order valence-corrected chi connectivity index (χ2v) is 4.08. The van der Waals surface area contributed by atoms with E-state index < -0.39 is 11.7 Å². The molecule has 0 bridgehead atoms. The number of anilines is 1. The van der Waals surface area contributed by atoms with Gasteiger partial charge in [0.1, 0.15) is 11.6 Å². The lowest BCUT2D eigenvalue weighted by molar-refractivity contribution is 0.102. The number of nitrogens with zero attached hydrogens (tertiary/aromatic N) is 1. The van der Waals surface area contributed by atoms with E-state index in [4.69, 9.17) is 11.6 Å². The lowest BCUT2D eigenvalue weighted by Crippen LogP contribution is -2.13. The van der Waals surface area contributed by atoms with Gasteiger partial charge in [0.05, 0.1) is 10.6 Å². The van der Waals surface area contributed by atoms with Crippen molar-refractivity contribution < 1.29 is 14.0 Å². The second kappa shape index (κ2) is 5.58. The monoisotopic (exact) mass is 278 g/mol. The fourth-order valence-corrected chi connectivity index (χ4v) is 1.66. The Morgan fingerprint density at radius 2 is 2.11 bits per heavy atom. The molecule has 96 valence electrons. The van der Waals surface area contributed by atoms with Crippen molar-refractivity contribution in [3.8, 4) is 0 Å². The number of hydrogen-bond acceptors (Lipinski definition) is 3. The normalized spacial score (nSPS) is 10.0. The number of aromatic nitrogens is 1. The Kier molecular flexibility index (Phi) is 3.87. The van der Waals surface area contributed by atoms with E-state index in [-0.39, 0.29) is 16.4 Å². The van der Waals surface area contributed by atoms with Gasteiger partial charge in [0, 0.05) is 11.8 Å². The molecule has 0 aliphatic rings. The van der Waals surface area contributed by atoms with Gasteiger partial charge in [-0.3, -0.25) is 9.59 Å². The van der Waals surface area contributed by atoms with E-state index in [1.165, 1.54) is 24.4 Å². The second-order valence-electron chi connectivity index (χ2n) is 3.67. The Morgan fingerprint density at radius 3 is 2.68 bits per heavy atom. The molecular formula is C13H8ClFN2O2. The molecular weight excluding hydrogens is 271 g/mol. The van der Waals surface area contributed by atoms with Gasteiger partial charge in [0.2, 0.25) is 0 Å². The zero-order chi connectivity index (χ0) is 13.8. The Balaban J connectivity index is 2.18. The third-order valence-corrected chi connectivity index (χ3v) is 2.65. The van der Waals surface area contributed by atoms with Gasteiger partial charge in [-0.25, -0.2) is 9.37 Å². The van der Waals surface area contributed by atoms with Crippen LogP contribution in [0.25, 0.3) is 0 Å². The minimum Gasteiger partial charge on any atom is -0.307 e. The van der Waals surface area contributed by atoms with Gasteiger partial charge in [-0.2, -0.15) is 0 Å². The van der Waals surface area contributed by atoms with Crippen molar-refractivity contribution in [3.05, 3.63) is 58.5 Å². The average molecular weight is 279 g/mol. The highest BCUT2D eigenvalue weighted by atomic mass is 35.5. The van der Waals surface area contributed by atoms with E-state index in [0.717, 1.165) is 12.1 Å². The Morgan fingerprint density at radius 1 is 1.32 bits per heavy atom. The van der Waals surface area contributed by atoms with E-state index >= 15 is 0 Å². The first-order chi connectivity index (χ1) is 9.10. The summed E-state index contributed by atoms with van der Waals surface area (Å²) in [6.45, 7) is 0. The summed E-state index contributed by atoms with van der Waals surface area (Å²) in [5.74, 6) is -0.748. The SMILES string of the molecule is O=Cc1ccc(NC(=O)c2ccc(F)cc2Cl)nc1. The molecule has 0 spiro atoms. The molecule has 0 fully saturated rings. The molecule has 1 amide bonds. The Bertz CT molecular complexity index is 629. The van der Waals surface area contributed by atoms with Crippen LogP contribution < -0.4 is 5.32 Å². The van der Waals surface area contributed by atoms with Crippen molar-refractivity contribution in [1.82, 2.24) is 4.98 Å². The molecule has 2 aromatic rings. The molecule has 6 heteroatoms. The molecule has 1 aromatic heterocycles. The summed E-state index contributed by atoms with van der Waals surface area (Å²) < 4.78 is 12.9. The average Bonchev–Trinajstić information content (AvgIpc) is 2.39. The smallest absolute Gasteiger partial charge is 0.258 e. The molecule has 1 N–H and O–H groups in total. The molecule has 0 saturated heterocycles. The van der Waals surface area contributed by atoms with Gasteiger partial charge in [0.25, 0.3) is 5.91 Å². The van der Waals surface area contributed by atoms with Crippen LogP contribution in [0.5, 0.6) is 0 Å². The van der Waals surface area contributed by atoms with E-state index in [1.54, 1.807) is 0 Å². The molecule has 0 unspecified atom stereocenters. The first-order valence-electron chi connectivity index (χ1n) is 5.28. The third-order valence-electron chi connectivity index (χ3n) is 2.34. The van der Waals surface area contributed by atoms with Crippen molar-refractivity contribution in [2.24, 2.45) is 0 Å². The lowest BCUT2D eigenvalue weighted by atomic mass is 10.2. The number of carbonyl (C=O) groups excluding carboxylic acids is 2. The molecule has 0 aliphatic carbocycles. The number of benzene rings is 1. The van der Waals surface area contributed by atoms with Crippen LogP contribution in [0.15, 0.2) is 36.5 Å². The maximum absolute atomic E-state index is 12.9. The maximum atomic E-state index is 12.9. The highest BCUT2D eigenvalue weighted by Crippen LogP contribution is 2.18. The fourth-order valence-electron chi connectivity index (χ4n) is 1.41. The summed E-state index contributed by atoms with van der Waals surface area (Å²) in [5, 5.41) is 2.51. The Labute approximate surface area is 113 Å². The fraction of sp³-hybridized carbons (Fsp3) is 0. The van der Waals surface area contributed by atoms with Crippen molar-refractivity contribution in [3.63, 3.8) is 0 Å². The predicted molar refractivity (Wildman–Crippen MR) is 69.0 cm³/mol. The van der Waals surface area contributed by atoms with E-state index in [9.17, 15) is 14.0 Å². The zero-order valence-electron chi connectivity index (χ0n) is 9.56. The van der Waals surface area contributed by atoms with E-state index in [2.05, 4.69) is 10.3 Å². The summed E-state index contributed by atoms with van der Waals surface area (Å²) in [6, 6.07) is 6.48. The van der Waals surface area contributed by atoms with Crippen molar-refractivity contribution in [2.75, 3.05) is 5.32 Å². The number of pyridine rings is 1. The summed E-state index contributed by atoms with van der Waals surface area (Å²) >= 11 is 5.77. The van der Waals surface area contributed by atoms with Gasteiger partial charge in [-0.1, -0.05) is 11.6 Å². The van der Waals surface area contributed by atoms with Gasteiger partial charge >= 0.3 is 0 Å². The van der Waals surface area contributed by atoms with Crippen LogP contribution in [0.4, 0.5) is 10.2 Å². The van der Waals surface area contributed by atoms with Crippen LogP contribution in [0, 0.1) is 5.82 Å². The standard InChI is InChI=1S/C13H8ClFN2O2/c14-11-5-9(15)2-3-10(11)13(19)17-12-4-1-8(7-18)6-16-12/h1-7H,(H,16,17,19). The highest BCUT2D eigenvalue weighted by Gasteiger charge is 2.11. The van der Waals surface area contributed by atoms with E-state index in [0.29, 0.717) is 11.8 Å². The van der Waals surface area contributed by atoms with Gasteiger partial charge in [0.15, 0.2) is 6.29 Å². The van der Waals surface area contributed by atoms with Crippen LogP contribution in [0.3, 0.4) is 0 Å². The number of amides is 1. The largest absolute Gasteiger partial charge is 0.307 e. The molecule has 0 radical (unpaired) electrons. The van der Waals surface area contributed by atoms with Crippen molar-refractivity contribution in [2.45, 2.75) is 0 Å². The number of nitrogens with one attached hydrogen (secondary N) is 1. The molecule has 0 atom stereocenters. The summed E-state index contributed by atoms with van der Waals surface area (Å²) in [7, 11) is 0. The van der Waals surface area contributed by atoms with Gasteiger partial charge in [-0.15, -0.1) is 0 Å². The summed E-state index contributed by atoms with van der Waals surface area (Å²) in [4.78, 5) is 26.2. The number of aldehydes is 1. The van der Waals surface area contributed by atoms with Gasteiger partial charge < -0.3 is 5.32 Å². The maximum Gasteiger partial charge on any atom is 0.258 e. The quantitative estimate of drug-likeness (QED) is 0.878. The molecule has 0 saturated carbocycles. The highest BCUT2D eigenvalue weighted by molar-refractivity contribution is 6.34. The topological polar surface area (TPSA) is 59.1 Å². The third kappa shape index (κ3) is 3.14. The van der Waals surface area contributed by atoms with Crippen LogP contribution in [0.2, 0.25) is 5.02 Å². The summed E-state index contributed by atoms with van der Waals surface area (Å²) in [6.07, 6.45) is 1.98. The zero-order valence-corrected chi connectivity index (χ0v) is 10.3. The van der Waals surface area contributed by atoms with Crippen molar-refractivity contribution >= 4 is 29.6 Å². The van der Waals surface area contributed by atoms with Crippen LogP contribution in [-0.2, 0) is 0 Å². The van der Waals surface area contributed by atoms with E-state index in [1.807, 2.05) is 0 Å². The lowest BCUT2D eigenvalue weighted by Gasteiger charge is -2.06. The van der Waals surface area contributed by atoms with Gasteiger partial charge in [-0.05, 0) is 30.3 Å². The van der Waals surface area contributed by atoms with Crippen molar-refractivity contribution in [1.29, 1.82) is 0 Å². The first-order valence-corrected chi connectivity index (χ1v) is 5.65. The minimum atomic E-state index is -0.519. The summed E-state index contributed by atoms with van der Waals surface area (Å²) in [5.41, 5.74) is 0.544. The molecule has 2 rings (SSSR count). The predicted octanol–water partition coefficient (Wildman–Crippen LogP) is 2.94. The molecule has 4 nitrogen and oxygen atoms in total. The first kappa shape index (κ1) is 13.2. The number of halogens is 2. The van der Waals surface area contributed by atoms with Crippen LogP contribution >= 0.6 is 11.6 Å². The van der Waals surface area contributed by atoms with Crippen LogP contribution in [-0.4, -0.2) is 17.2 Å². The molecule has 1 aromatic carbocycles. The number of hydrogen-bond donors (Lipinski definition) is 1. The minimum absolute atomic E-state index is 0.0158. The Hall–Kier alpha value is -2.27. The molecule has 1 heterocycles. The van der Waals surface area contributed by atoms with Crippen LogP contribution in [0.1, 0.15) is 20.7 Å². The number of carbonyl (C=O) groups is 2. The molecule has 0 aliphatic heterocycles. The number of rotatable bonds is 3.